The van der Waals surface area contributed by atoms with Gasteiger partial charge in [-0.05, 0) is 18.6 Å². The third kappa shape index (κ3) is 2.79. The summed E-state index contributed by atoms with van der Waals surface area (Å²) in [4.78, 5) is 18.6. The van der Waals surface area contributed by atoms with Gasteiger partial charge in [0.15, 0.2) is 5.76 Å². The van der Waals surface area contributed by atoms with E-state index in [1.165, 1.54) is 0 Å². The quantitative estimate of drug-likeness (QED) is 0.793. The fourth-order valence-corrected chi connectivity index (χ4v) is 2.36. The van der Waals surface area contributed by atoms with Crippen molar-refractivity contribution in [3.8, 4) is 22.6 Å². The maximum absolute atomic E-state index is 11.5. The van der Waals surface area contributed by atoms with Crippen LogP contribution in [0.15, 0.2) is 57.9 Å². The van der Waals surface area contributed by atoms with Crippen LogP contribution in [0.3, 0.4) is 0 Å². The van der Waals surface area contributed by atoms with Crippen molar-refractivity contribution in [2.45, 2.75) is 19.8 Å². The van der Waals surface area contributed by atoms with Crippen molar-refractivity contribution >= 4 is 0 Å². The number of benzene rings is 1. The molecule has 0 aliphatic carbocycles. The molecule has 0 spiro atoms. The van der Waals surface area contributed by atoms with Crippen molar-refractivity contribution in [2.24, 2.45) is 0 Å². The molecule has 0 saturated carbocycles. The average Bonchev–Trinajstić information content (AvgIpc) is 2.89. The molecule has 106 valence electrons. The van der Waals surface area contributed by atoms with Crippen LogP contribution >= 0.6 is 0 Å². The summed E-state index contributed by atoms with van der Waals surface area (Å²) in [6, 6.07) is 13.7. The van der Waals surface area contributed by atoms with E-state index in [2.05, 4.69) is 16.9 Å². The van der Waals surface area contributed by atoms with Crippen LogP contribution in [0.5, 0.6) is 0 Å². The molecule has 0 bridgehead atoms. The normalized spacial score (nSPS) is 10.7. The lowest BCUT2D eigenvalue weighted by atomic mass is 10.1. The Labute approximate surface area is 122 Å². The molecule has 1 N–H and O–H groups in total. The van der Waals surface area contributed by atoms with Gasteiger partial charge in [-0.15, -0.1) is 0 Å². The summed E-state index contributed by atoms with van der Waals surface area (Å²) in [7, 11) is 0. The molecule has 3 rings (SSSR count). The summed E-state index contributed by atoms with van der Waals surface area (Å²) in [5.41, 5.74) is 3.60. The zero-order valence-electron chi connectivity index (χ0n) is 11.8. The lowest BCUT2D eigenvalue weighted by molar-refractivity contribution is 0.528. The number of nitrogens with one attached hydrogen (secondary N) is 1. The van der Waals surface area contributed by atoms with Crippen LogP contribution in [0, 0.1) is 0 Å². The third-order valence-electron chi connectivity index (χ3n) is 3.31. The summed E-state index contributed by atoms with van der Waals surface area (Å²) in [5.74, 6) is 0.202. The van der Waals surface area contributed by atoms with Crippen LogP contribution < -0.4 is 5.76 Å². The van der Waals surface area contributed by atoms with E-state index in [1.54, 1.807) is 6.20 Å². The van der Waals surface area contributed by atoms with Gasteiger partial charge in [-0.1, -0.05) is 43.7 Å². The minimum absolute atomic E-state index is 0.411. The molecule has 0 aliphatic heterocycles. The lowest BCUT2D eigenvalue weighted by Crippen LogP contribution is -1.96. The van der Waals surface area contributed by atoms with Crippen LogP contribution in [-0.4, -0.2) is 9.97 Å². The Bertz CT molecular complexity index is 788. The zero-order valence-corrected chi connectivity index (χ0v) is 11.8. The SMILES string of the molecule is CCCc1[nH]c(=O)oc1-c1ccnc(-c2ccccc2)c1. The number of aromatic nitrogens is 2. The van der Waals surface area contributed by atoms with E-state index < -0.39 is 5.76 Å². The number of aryl methyl sites for hydroxylation is 1. The molecule has 0 saturated heterocycles. The Hall–Kier alpha value is -2.62. The summed E-state index contributed by atoms with van der Waals surface area (Å²) >= 11 is 0. The Morgan fingerprint density at radius 2 is 1.95 bits per heavy atom. The van der Waals surface area contributed by atoms with E-state index in [-0.39, 0.29) is 0 Å². The first-order chi connectivity index (χ1) is 10.3. The molecule has 0 fully saturated rings. The minimum Gasteiger partial charge on any atom is -0.408 e. The minimum atomic E-state index is -0.411. The highest BCUT2D eigenvalue weighted by atomic mass is 16.4. The first-order valence-electron chi connectivity index (χ1n) is 7.01. The first-order valence-corrected chi connectivity index (χ1v) is 7.01. The van der Waals surface area contributed by atoms with Gasteiger partial charge in [0.05, 0.1) is 11.4 Å². The Morgan fingerprint density at radius 3 is 2.71 bits per heavy atom. The molecule has 0 aliphatic rings. The highest BCUT2D eigenvalue weighted by Gasteiger charge is 2.12. The highest BCUT2D eigenvalue weighted by molar-refractivity contribution is 5.68. The molecular formula is C17H16N2O2. The van der Waals surface area contributed by atoms with Gasteiger partial charge in [0, 0.05) is 17.3 Å². The Kier molecular flexibility index (Phi) is 3.69. The Morgan fingerprint density at radius 1 is 1.14 bits per heavy atom. The van der Waals surface area contributed by atoms with Crippen molar-refractivity contribution in [3.05, 3.63) is 64.9 Å². The van der Waals surface area contributed by atoms with Crippen molar-refractivity contribution in [1.82, 2.24) is 9.97 Å². The van der Waals surface area contributed by atoms with Crippen molar-refractivity contribution in [1.29, 1.82) is 0 Å². The van der Waals surface area contributed by atoms with Gasteiger partial charge in [0.2, 0.25) is 0 Å². The summed E-state index contributed by atoms with van der Waals surface area (Å²) in [5, 5.41) is 0. The smallest absolute Gasteiger partial charge is 0.408 e. The number of aromatic amines is 1. The molecular weight excluding hydrogens is 264 g/mol. The molecule has 0 unspecified atom stereocenters. The maximum Gasteiger partial charge on any atom is 0.417 e. The van der Waals surface area contributed by atoms with Crippen molar-refractivity contribution < 1.29 is 4.42 Å². The second-order valence-corrected chi connectivity index (χ2v) is 4.87. The second kappa shape index (κ2) is 5.79. The fourth-order valence-electron chi connectivity index (χ4n) is 2.36. The number of pyridine rings is 1. The molecule has 0 radical (unpaired) electrons. The van der Waals surface area contributed by atoms with Gasteiger partial charge in [-0.3, -0.25) is 9.97 Å². The summed E-state index contributed by atoms with van der Waals surface area (Å²) < 4.78 is 5.31. The Balaban J connectivity index is 2.06. The monoisotopic (exact) mass is 280 g/mol. The predicted molar refractivity (Wildman–Crippen MR) is 82.0 cm³/mol. The van der Waals surface area contributed by atoms with Gasteiger partial charge in [-0.25, -0.2) is 4.79 Å². The number of hydrogen-bond acceptors (Lipinski definition) is 3. The standard InChI is InChI=1S/C17H16N2O2/c1-2-6-14-16(21-17(20)19-14)13-9-10-18-15(11-13)12-7-4-3-5-8-12/h3-5,7-11H,2,6H2,1H3,(H,19,20). The van der Waals surface area contributed by atoms with E-state index >= 15 is 0 Å². The van der Waals surface area contributed by atoms with Gasteiger partial charge in [0.25, 0.3) is 0 Å². The molecule has 4 nitrogen and oxygen atoms in total. The van der Waals surface area contributed by atoms with E-state index in [9.17, 15) is 4.79 Å². The van der Waals surface area contributed by atoms with Gasteiger partial charge < -0.3 is 4.42 Å². The van der Waals surface area contributed by atoms with Gasteiger partial charge >= 0.3 is 5.76 Å². The number of nitrogens with zero attached hydrogens (tertiary/aromatic N) is 1. The van der Waals surface area contributed by atoms with Crippen LogP contribution in [0.2, 0.25) is 0 Å². The van der Waals surface area contributed by atoms with Crippen molar-refractivity contribution in [2.75, 3.05) is 0 Å². The predicted octanol–water partition coefficient (Wildman–Crippen LogP) is 3.65. The van der Waals surface area contributed by atoms with Crippen LogP contribution in [-0.2, 0) is 6.42 Å². The number of H-pyrrole nitrogens is 1. The largest absolute Gasteiger partial charge is 0.417 e. The highest BCUT2D eigenvalue weighted by Crippen LogP contribution is 2.26. The summed E-state index contributed by atoms with van der Waals surface area (Å²) in [6.45, 7) is 2.07. The first kappa shape index (κ1) is 13.4. The van der Waals surface area contributed by atoms with Gasteiger partial charge in [-0.2, -0.15) is 0 Å². The third-order valence-corrected chi connectivity index (χ3v) is 3.31. The molecule has 2 heterocycles. The maximum atomic E-state index is 11.5. The topological polar surface area (TPSA) is 58.9 Å². The van der Waals surface area contributed by atoms with E-state index in [4.69, 9.17) is 4.42 Å². The van der Waals surface area contributed by atoms with Crippen molar-refractivity contribution in [3.63, 3.8) is 0 Å². The van der Waals surface area contributed by atoms with Crippen LogP contribution in [0.1, 0.15) is 19.0 Å². The molecule has 0 atom stereocenters. The molecule has 1 aromatic carbocycles. The molecule has 3 aromatic rings. The molecule has 4 heteroatoms. The van der Waals surface area contributed by atoms with Gasteiger partial charge in [0.1, 0.15) is 0 Å². The molecule has 0 amide bonds. The van der Waals surface area contributed by atoms with E-state index in [0.717, 1.165) is 35.4 Å². The number of oxazole rings is 1. The average molecular weight is 280 g/mol. The second-order valence-electron chi connectivity index (χ2n) is 4.87. The molecule has 2 aromatic heterocycles. The summed E-state index contributed by atoms with van der Waals surface area (Å²) in [6.07, 6.45) is 3.46. The fraction of sp³-hybridized carbons (Fsp3) is 0.176. The van der Waals surface area contributed by atoms with Crippen LogP contribution in [0.4, 0.5) is 0 Å². The number of hydrogen-bond donors (Lipinski definition) is 1. The molecule has 21 heavy (non-hydrogen) atoms. The zero-order chi connectivity index (χ0) is 14.7. The lowest BCUT2D eigenvalue weighted by Gasteiger charge is -2.04. The van der Waals surface area contributed by atoms with Crippen LogP contribution in [0.25, 0.3) is 22.6 Å². The number of rotatable bonds is 4. The van der Waals surface area contributed by atoms with E-state index in [1.807, 2.05) is 42.5 Å². The van der Waals surface area contributed by atoms with E-state index in [0.29, 0.717) is 5.76 Å².